The van der Waals surface area contributed by atoms with Gasteiger partial charge in [-0.3, -0.25) is 4.79 Å². The highest BCUT2D eigenvalue weighted by Gasteiger charge is 2.22. The van der Waals surface area contributed by atoms with Crippen LogP contribution in [0.25, 0.3) is 0 Å². The highest BCUT2D eigenvalue weighted by atomic mass is 35.5. The summed E-state index contributed by atoms with van der Waals surface area (Å²) in [6.07, 6.45) is 0.0560. The van der Waals surface area contributed by atoms with E-state index in [1.807, 2.05) is 6.92 Å². The van der Waals surface area contributed by atoms with Gasteiger partial charge in [0.1, 0.15) is 10.7 Å². The maximum Gasteiger partial charge on any atom is 0.243 e. The first kappa shape index (κ1) is 19.8. The SMILES string of the molecule is CC1CN(C(=O)CCNS(=O)(=O)c2ccccc2F)CCN1.Cl. The van der Waals surface area contributed by atoms with Gasteiger partial charge in [0.25, 0.3) is 0 Å². The molecule has 0 aromatic heterocycles. The van der Waals surface area contributed by atoms with Crippen molar-refractivity contribution in [1.82, 2.24) is 14.9 Å². The number of piperazine rings is 1. The normalized spacial score (nSPS) is 18.3. The quantitative estimate of drug-likeness (QED) is 0.806. The lowest BCUT2D eigenvalue weighted by atomic mass is 10.2. The summed E-state index contributed by atoms with van der Waals surface area (Å²) >= 11 is 0. The first-order valence-corrected chi connectivity index (χ1v) is 8.64. The Labute approximate surface area is 141 Å². The van der Waals surface area contributed by atoms with Gasteiger partial charge < -0.3 is 10.2 Å². The van der Waals surface area contributed by atoms with E-state index in [-0.39, 0.29) is 37.3 Å². The number of rotatable bonds is 5. The van der Waals surface area contributed by atoms with Gasteiger partial charge in [-0.25, -0.2) is 17.5 Å². The molecule has 1 amide bonds. The summed E-state index contributed by atoms with van der Waals surface area (Å²) in [6.45, 7) is 3.89. The number of carbonyl (C=O) groups excluding carboxylic acids is 1. The van der Waals surface area contributed by atoms with Crippen LogP contribution in [0.3, 0.4) is 0 Å². The Kier molecular flexibility index (Phi) is 7.40. The molecule has 1 atom stereocenters. The Morgan fingerprint density at radius 1 is 1.43 bits per heavy atom. The predicted molar refractivity (Wildman–Crippen MR) is 87.5 cm³/mol. The highest BCUT2D eigenvalue weighted by molar-refractivity contribution is 7.89. The molecule has 130 valence electrons. The maximum absolute atomic E-state index is 13.5. The number of carbonyl (C=O) groups is 1. The second-order valence-corrected chi connectivity index (χ2v) is 7.01. The molecule has 23 heavy (non-hydrogen) atoms. The van der Waals surface area contributed by atoms with Crippen LogP contribution in [0.5, 0.6) is 0 Å². The van der Waals surface area contributed by atoms with Gasteiger partial charge in [-0.05, 0) is 19.1 Å². The maximum atomic E-state index is 13.5. The van der Waals surface area contributed by atoms with Crippen molar-refractivity contribution in [2.45, 2.75) is 24.3 Å². The molecule has 0 bridgehead atoms. The van der Waals surface area contributed by atoms with Crippen LogP contribution in [-0.2, 0) is 14.8 Å². The zero-order valence-corrected chi connectivity index (χ0v) is 14.4. The monoisotopic (exact) mass is 365 g/mol. The van der Waals surface area contributed by atoms with E-state index in [9.17, 15) is 17.6 Å². The van der Waals surface area contributed by atoms with Crippen LogP contribution in [0.1, 0.15) is 13.3 Å². The Hall–Kier alpha value is -1.22. The number of nitrogens with zero attached hydrogens (tertiary/aromatic N) is 1. The average molecular weight is 366 g/mol. The summed E-state index contributed by atoms with van der Waals surface area (Å²) < 4.78 is 39.7. The van der Waals surface area contributed by atoms with E-state index >= 15 is 0 Å². The van der Waals surface area contributed by atoms with Crippen LogP contribution in [0.4, 0.5) is 4.39 Å². The predicted octanol–water partition coefficient (Wildman–Crippen LogP) is 0.736. The number of hydrogen-bond acceptors (Lipinski definition) is 4. The summed E-state index contributed by atoms with van der Waals surface area (Å²) in [4.78, 5) is 13.3. The van der Waals surface area contributed by atoms with Crippen molar-refractivity contribution in [3.63, 3.8) is 0 Å². The minimum atomic E-state index is -3.94. The molecule has 1 saturated heterocycles. The number of sulfonamides is 1. The van der Waals surface area contributed by atoms with Crippen molar-refractivity contribution in [3.05, 3.63) is 30.1 Å². The fourth-order valence-electron chi connectivity index (χ4n) is 2.35. The van der Waals surface area contributed by atoms with Gasteiger partial charge in [0.15, 0.2) is 0 Å². The summed E-state index contributed by atoms with van der Waals surface area (Å²) in [5.74, 6) is -0.915. The molecule has 1 unspecified atom stereocenters. The van der Waals surface area contributed by atoms with E-state index in [4.69, 9.17) is 0 Å². The van der Waals surface area contributed by atoms with Crippen LogP contribution in [0.2, 0.25) is 0 Å². The molecule has 1 fully saturated rings. The number of hydrogen-bond donors (Lipinski definition) is 2. The molecule has 0 saturated carbocycles. The lowest BCUT2D eigenvalue weighted by molar-refractivity contribution is -0.132. The molecule has 0 radical (unpaired) electrons. The zero-order valence-electron chi connectivity index (χ0n) is 12.8. The molecular formula is C14H21ClFN3O3S. The fraction of sp³-hybridized carbons (Fsp3) is 0.500. The summed E-state index contributed by atoms with van der Waals surface area (Å²) in [5, 5.41) is 3.23. The van der Waals surface area contributed by atoms with Gasteiger partial charge in [0.2, 0.25) is 15.9 Å². The van der Waals surface area contributed by atoms with Crippen LogP contribution >= 0.6 is 12.4 Å². The number of benzene rings is 1. The molecule has 2 rings (SSSR count). The van der Waals surface area contributed by atoms with Gasteiger partial charge >= 0.3 is 0 Å². The molecule has 6 nitrogen and oxygen atoms in total. The van der Waals surface area contributed by atoms with Crippen LogP contribution in [0, 0.1) is 5.82 Å². The van der Waals surface area contributed by atoms with E-state index in [1.165, 1.54) is 18.2 Å². The molecule has 1 aromatic rings. The van der Waals surface area contributed by atoms with Crippen molar-refractivity contribution in [2.75, 3.05) is 26.2 Å². The molecule has 1 aromatic carbocycles. The van der Waals surface area contributed by atoms with Crippen molar-refractivity contribution in [1.29, 1.82) is 0 Å². The molecule has 1 aliphatic rings. The molecule has 1 heterocycles. The average Bonchev–Trinajstić information content (AvgIpc) is 2.47. The minimum absolute atomic E-state index is 0. The highest BCUT2D eigenvalue weighted by Crippen LogP contribution is 2.13. The number of halogens is 2. The smallest absolute Gasteiger partial charge is 0.243 e. The largest absolute Gasteiger partial charge is 0.340 e. The fourth-order valence-corrected chi connectivity index (χ4v) is 3.46. The second-order valence-electron chi connectivity index (χ2n) is 5.27. The molecule has 0 spiro atoms. The first-order valence-electron chi connectivity index (χ1n) is 7.15. The van der Waals surface area contributed by atoms with Crippen LogP contribution < -0.4 is 10.0 Å². The van der Waals surface area contributed by atoms with Gasteiger partial charge in [-0.15, -0.1) is 12.4 Å². The third-order valence-electron chi connectivity index (χ3n) is 3.48. The Morgan fingerprint density at radius 2 is 2.13 bits per heavy atom. The molecule has 0 aliphatic carbocycles. The van der Waals surface area contributed by atoms with E-state index in [1.54, 1.807) is 4.90 Å². The van der Waals surface area contributed by atoms with E-state index in [0.717, 1.165) is 12.6 Å². The van der Waals surface area contributed by atoms with Crippen molar-refractivity contribution in [2.24, 2.45) is 0 Å². The van der Waals surface area contributed by atoms with Crippen LogP contribution in [-0.4, -0.2) is 51.4 Å². The topological polar surface area (TPSA) is 78.5 Å². The van der Waals surface area contributed by atoms with Crippen molar-refractivity contribution >= 4 is 28.3 Å². The summed E-state index contributed by atoms with van der Waals surface area (Å²) in [5.41, 5.74) is 0. The van der Waals surface area contributed by atoms with E-state index < -0.39 is 20.7 Å². The van der Waals surface area contributed by atoms with E-state index in [2.05, 4.69) is 10.0 Å². The second kappa shape index (κ2) is 8.58. The summed E-state index contributed by atoms with van der Waals surface area (Å²) in [7, 11) is -3.94. The Bertz CT molecular complexity index is 642. The molecule has 9 heteroatoms. The number of nitrogens with one attached hydrogen (secondary N) is 2. The van der Waals surface area contributed by atoms with Crippen LogP contribution in [0.15, 0.2) is 29.2 Å². The molecular weight excluding hydrogens is 345 g/mol. The first-order chi connectivity index (χ1) is 10.4. The lowest BCUT2D eigenvalue weighted by Gasteiger charge is -2.32. The number of amides is 1. The zero-order chi connectivity index (χ0) is 16.2. The van der Waals surface area contributed by atoms with Gasteiger partial charge in [0.05, 0.1) is 0 Å². The van der Waals surface area contributed by atoms with Gasteiger partial charge in [-0.2, -0.15) is 0 Å². The molecule has 1 aliphatic heterocycles. The van der Waals surface area contributed by atoms with Crippen molar-refractivity contribution < 1.29 is 17.6 Å². The van der Waals surface area contributed by atoms with Crippen molar-refractivity contribution in [3.8, 4) is 0 Å². The lowest BCUT2D eigenvalue weighted by Crippen LogP contribution is -2.51. The van der Waals surface area contributed by atoms with E-state index in [0.29, 0.717) is 13.1 Å². The Balaban J connectivity index is 0.00000264. The van der Waals surface area contributed by atoms with Gasteiger partial charge in [-0.1, -0.05) is 12.1 Å². The molecule has 2 N–H and O–H groups in total. The minimum Gasteiger partial charge on any atom is -0.340 e. The third kappa shape index (κ3) is 5.42. The Morgan fingerprint density at radius 3 is 2.78 bits per heavy atom. The summed E-state index contributed by atoms with van der Waals surface area (Å²) in [6, 6.07) is 5.38. The standard InChI is InChI=1S/C14H20FN3O3S.ClH/c1-11-10-18(9-8-16-11)14(19)6-7-17-22(20,21)13-5-3-2-4-12(13)15;/h2-5,11,16-17H,6-10H2,1H3;1H. The third-order valence-corrected chi connectivity index (χ3v) is 4.97. The van der Waals surface area contributed by atoms with Gasteiger partial charge in [0, 0.05) is 38.6 Å².